The lowest BCUT2D eigenvalue weighted by atomic mass is 10.2. The van der Waals surface area contributed by atoms with E-state index in [1.54, 1.807) is 24.4 Å². The van der Waals surface area contributed by atoms with E-state index in [4.69, 9.17) is 27.6 Å². The molecule has 0 aliphatic carbocycles. The Hall–Kier alpha value is -2.76. The number of nitrogens with one attached hydrogen (secondary N) is 2. The summed E-state index contributed by atoms with van der Waals surface area (Å²) in [5, 5.41) is 7.63. The number of oxazole rings is 1. The van der Waals surface area contributed by atoms with Crippen LogP contribution < -0.4 is 10.6 Å². The molecule has 0 radical (unpaired) electrons. The van der Waals surface area contributed by atoms with Gasteiger partial charge in [0.15, 0.2) is 5.58 Å². The summed E-state index contributed by atoms with van der Waals surface area (Å²) in [5.74, 6) is 0. The minimum absolute atomic E-state index is 0.355. The first kappa shape index (κ1) is 17.6. The molecular formula is C20H16Cl2N4O. The van der Waals surface area contributed by atoms with Gasteiger partial charge in [0.1, 0.15) is 5.52 Å². The van der Waals surface area contributed by atoms with E-state index in [2.05, 4.69) is 20.6 Å². The number of rotatable bonds is 6. The van der Waals surface area contributed by atoms with Crippen molar-refractivity contribution in [3.63, 3.8) is 0 Å². The Kier molecular flexibility index (Phi) is 5.14. The molecule has 0 aliphatic rings. The highest BCUT2D eigenvalue weighted by molar-refractivity contribution is 6.35. The van der Waals surface area contributed by atoms with Gasteiger partial charge in [0.25, 0.3) is 6.01 Å². The fourth-order valence-corrected chi connectivity index (χ4v) is 3.11. The molecule has 0 saturated carbocycles. The molecule has 2 N–H and O–H groups in total. The van der Waals surface area contributed by atoms with Crippen LogP contribution >= 0.6 is 23.2 Å². The van der Waals surface area contributed by atoms with E-state index >= 15 is 0 Å². The van der Waals surface area contributed by atoms with Crippen LogP contribution in [0.25, 0.3) is 11.1 Å². The van der Waals surface area contributed by atoms with Crippen LogP contribution in [0.5, 0.6) is 0 Å². The first-order valence-electron chi connectivity index (χ1n) is 8.44. The van der Waals surface area contributed by atoms with Crippen LogP contribution in [0.3, 0.4) is 0 Å². The summed E-state index contributed by atoms with van der Waals surface area (Å²) in [6.45, 7) is 0.720. The molecule has 0 unspecified atom stereocenters. The molecule has 0 spiro atoms. The van der Waals surface area contributed by atoms with Gasteiger partial charge in [-0.25, -0.2) is 0 Å². The smallest absolute Gasteiger partial charge is 0.300 e. The van der Waals surface area contributed by atoms with E-state index in [0.29, 0.717) is 27.2 Å². The van der Waals surface area contributed by atoms with Crippen LogP contribution in [0.1, 0.15) is 5.69 Å². The fourth-order valence-electron chi connectivity index (χ4n) is 2.73. The highest BCUT2D eigenvalue weighted by atomic mass is 35.5. The number of fused-ring (bicyclic) bond motifs is 1. The van der Waals surface area contributed by atoms with Crippen molar-refractivity contribution in [1.29, 1.82) is 0 Å². The van der Waals surface area contributed by atoms with E-state index < -0.39 is 0 Å². The summed E-state index contributed by atoms with van der Waals surface area (Å²) >= 11 is 12.3. The lowest BCUT2D eigenvalue weighted by Gasteiger charge is -2.06. The van der Waals surface area contributed by atoms with Crippen molar-refractivity contribution in [1.82, 2.24) is 9.97 Å². The van der Waals surface area contributed by atoms with Gasteiger partial charge in [-0.3, -0.25) is 4.98 Å². The molecule has 2 aromatic carbocycles. The van der Waals surface area contributed by atoms with Crippen molar-refractivity contribution in [2.75, 3.05) is 17.2 Å². The lowest BCUT2D eigenvalue weighted by molar-refractivity contribution is 0.623. The van der Waals surface area contributed by atoms with Crippen LogP contribution in [0.15, 0.2) is 65.2 Å². The average Bonchev–Trinajstić information content (AvgIpc) is 3.09. The van der Waals surface area contributed by atoms with Crippen molar-refractivity contribution in [2.24, 2.45) is 0 Å². The minimum Gasteiger partial charge on any atom is -0.422 e. The predicted molar refractivity (Wildman–Crippen MR) is 110 cm³/mol. The number of pyridine rings is 1. The summed E-state index contributed by atoms with van der Waals surface area (Å²) in [4.78, 5) is 8.87. The fraction of sp³-hybridized carbons (Fsp3) is 0.100. The number of hydrogen-bond donors (Lipinski definition) is 2. The van der Waals surface area contributed by atoms with E-state index in [0.717, 1.165) is 30.0 Å². The first-order valence-corrected chi connectivity index (χ1v) is 9.20. The summed E-state index contributed by atoms with van der Waals surface area (Å²) in [6.07, 6.45) is 2.59. The quantitative estimate of drug-likeness (QED) is 0.421. The zero-order valence-corrected chi connectivity index (χ0v) is 15.8. The number of hydrogen-bond acceptors (Lipinski definition) is 5. The maximum absolute atomic E-state index is 6.28. The van der Waals surface area contributed by atoms with Crippen LogP contribution in [-0.4, -0.2) is 16.5 Å². The SMILES string of the molecule is Clc1cccc(Nc2nc3c(NCCc4ccccn4)ccc(Cl)c3o2)c1. The van der Waals surface area contributed by atoms with Crippen molar-refractivity contribution >= 4 is 51.7 Å². The van der Waals surface area contributed by atoms with Gasteiger partial charge in [0, 0.05) is 35.6 Å². The zero-order chi connectivity index (χ0) is 18.6. The summed E-state index contributed by atoms with van der Waals surface area (Å²) in [7, 11) is 0. The van der Waals surface area contributed by atoms with Gasteiger partial charge in [0.05, 0.1) is 10.7 Å². The van der Waals surface area contributed by atoms with E-state index in [-0.39, 0.29) is 0 Å². The van der Waals surface area contributed by atoms with Crippen molar-refractivity contribution in [2.45, 2.75) is 6.42 Å². The maximum atomic E-state index is 6.28. The van der Waals surface area contributed by atoms with Gasteiger partial charge in [-0.2, -0.15) is 4.98 Å². The van der Waals surface area contributed by atoms with Crippen LogP contribution in [-0.2, 0) is 6.42 Å². The highest BCUT2D eigenvalue weighted by Crippen LogP contribution is 2.33. The zero-order valence-electron chi connectivity index (χ0n) is 14.2. The molecule has 27 heavy (non-hydrogen) atoms. The summed E-state index contributed by atoms with van der Waals surface area (Å²) in [6, 6.07) is 17.3. The summed E-state index contributed by atoms with van der Waals surface area (Å²) < 4.78 is 5.80. The third-order valence-electron chi connectivity index (χ3n) is 3.99. The second kappa shape index (κ2) is 7.86. The second-order valence-electron chi connectivity index (χ2n) is 5.92. The second-order valence-corrected chi connectivity index (χ2v) is 6.77. The van der Waals surface area contributed by atoms with Gasteiger partial charge in [-0.15, -0.1) is 0 Å². The van der Waals surface area contributed by atoms with Crippen LogP contribution in [0.4, 0.5) is 17.4 Å². The largest absolute Gasteiger partial charge is 0.422 e. The minimum atomic E-state index is 0.355. The average molecular weight is 399 g/mol. The van der Waals surface area contributed by atoms with Crippen molar-refractivity contribution in [3.05, 3.63) is 76.5 Å². The molecule has 0 atom stereocenters. The van der Waals surface area contributed by atoms with Gasteiger partial charge in [0.2, 0.25) is 0 Å². The monoisotopic (exact) mass is 398 g/mol. The Balaban J connectivity index is 1.54. The Morgan fingerprint density at radius 1 is 1.00 bits per heavy atom. The number of nitrogens with zero attached hydrogens (tertiary/aromatic N) is 2. The molecule has 0 saturated heterocycles. The molecule has 2 heterocycles. The standard InChI is InChI=1S/C20H16Cl2N4O/c21-13-4-3-6-15(12-13)25-20-26-18-17(8-7-16(22)19(18)27-20)24-11-9-14-5-1-2-10-23-14/h1-8,10,12,24H,9,11H2,(H,25,26). The summed E-state index contributed by atoms with van der Waals surface area (Å²) in [5.41, 5.74) is 3.87. The topological polar surface area (TPSA) is 63.0 Å². The molecule has 0 bridgehead atoms. The van der Waals surface area contributed by atoms with Crippen molar-refractivity contribution < 1.29 is 4.42 Å². The Bertz CT molecular complexity index is 1070. The molecule has 136 valence electrons. The normalized spacial score (nSPS) is 10.9. The van der Waals surface area contributed by atoms with Gasteiger partial charge in [-0.05, 0) is 42.5 Å². The van der Waals surface area contributed by atoms with Crippen LogP contribution in [0.2, 0.25) is 10.0 Å². The number of aromatic nitrogens is 2. The molecule has 0 fully saturated rings. The molecular weight excluding hydrogens is 383 g/mol. The molecule has 2 aromatic heterocycles. The molecule has 7 heteroatoms. The van der Waals surface area contributed by atoms with Gasteiger partial charge >= 0.3 is 0 Å². The maximum Gasteiger partial charge on any atom is 0.300 e. The number of halogens is 2. The Morgan fingerprint density at radius 3 is 2.74 bits per heavy atom. The lowest BCUT2D eigenvalue weighted by Crippen LogP contribution is -2.06. The van der Waals surface area contributed by atoms with Crippen molar-refractivity contribution in [3.8, 4) is 0 Å². The number of benzene rings is 2. The molecule has 0 amide bonds. The van der Waals surface area contributed by atoms with Gasteiger partial charge < -0.3 is 15.1 Å². The molecule has 0 aliphatic heterocycles. The van der Waals surface area contributed by atoms with Gasteiger partial charge in [-0.1, -0.05) is 35.3 Å². The third kappa shape index (κ3) is 4.15. The van der Waals surface area contributed by atoms with E-state index in [1.807, 2.05) is 36.4 Å². The highest BCUT2D eigenvalue weighted by Gasteiger charge is 2.13. The third-order valence-corrected chi connectivity index (χ3v) is 4.53. The Labute approximate surface area is 166 Å². The predicted octanol–water partition coefficient (Wildman–Crippen LogP) is 5.93. The number of anilines is 3. The van der Waals surface area contributed by atoms with E-state index in [1.165, 1.54) is 0 Å². The van der Waals surface area contributed by atoms with E-state index in [9.17, 15) is 0 Å². The Morgan fingerprint density at radius 2 is 1.93 bits per heavy atom. The van der Waals surface area contributed by atoms with Crippen LogP contribution in [0, 0.1) is 0 Å². The molecule has 4 aromatic rings. The first-order chi connectivity index (χ1) is 13.2. The molecule has 5 nitrogen and oxygen atoms in total. The molecule has 4 rings (SSSR count).